The Bertz CT molecular complexity index is 1650. The molecule has 0 unspecified atom stereocenters. The van der Waals surface area contributed by atoms with Gasteiger partial charge < -0.3 is 26.0 Å². The molecule has 4 N–H and O–H groups in total. The summed E-state index contributed by atoms with van der Waals surface area (Å²) in [5.74, 6) is 1.27. The highest BCUT2D eigenvalue weighted by Gasteiger charge is 2.53. The fraction of sp³-hybridized carbons (Fsp3) is 0.552. The number of pyridine rings is 1. The standard InChI is InChI=1S/C29H33F3N10OS2/c1-16(18-4-2-6-36-23(18)34)42(11-21(31)32)26-37-25(38-27(39-26)43-15-28-5-3-7-41(28)10-17(30)8-28)40-13-29(14-40)22-19(9-33)24(35)45-20(22)12-44-29/h2,4,6,16-17,21H,3,5,7-8,10-15,35H2,1H3,(H2,34,36)/t16-,17-,28+/m1/s1. The first-order valence-electron chi connectivity index (χ1n) is 14.9. The van der Waals surface area contributed by atoms with E-state index in [-0.39, 0.29) is 35.1 Å². The zero-order valence-corrected chi connectivity index (χ0v) is 26.3. The highest BCUT2D eigenvalue weighted by atomic mass is 32.2. The van der Waals surface area contributed by atoms with Gasteiger partial charge in [-0.1, -0.05) is 6.07 Å². The van der Waals surface area contributed by atoms with E-state index in [1.54, 1.807) is 30.8 Å². The molecule has 238 valence electrons. The summed E-state index contributed by atoms with van der Waals surface area (Å²) < 4.78 is 48.4. The monoisotopic (exact) mass is 658 g/mol. The van der Waals surface area contributed by atoms with E-state index >= 15 is 0 Å². The van der Waals surface area contributed by atoms with Crippen LogP contribution in [0.15, 0.2) is 18.3 Å². The zero-order valence-electron chi connectivity index (χ0n) is 24.6. The van der Waals surface area contributed by atoms with Crippen molar-refractivity contribution < 1.29 is 17.9 Å². The van der Waals surface area contributed by atoms with Crippen LogP contribution in [0.1, 0.15) is 53.8 Å². The number of aromatic nitrogens is 4. The van der Waals surface area contributed by atoms with Crippen LogP contribution in [-0.4, -0.2) is 82.3 Å². The Labute approximate surface area is 266 Å². The number of rotatable bonds is 9. The molecule has 0 radical (unpaired) electrons. The fourth-order valence-electron chi connectivity index (χ4n) is 7.26. The molecule has 3 fully saturated rings. The minimum Gasteiger partial charge on any atom is -0.461 e. The zero-order chi connectivity index (χ0) is 31.5. The molecule has 3 aromatic heterocycles. The molecule has 7 heterocycles. The number of hydrogen-bond donors (Lipinski definition) is 2. The largest absolute Gasteiger partial charge is 0.461 e. The molecular formula is C29H33F3N10OS2. The molecular weight excluding hydrogens is 626 g/mol. The molecule has 4 aliphatic rings. The van der Waals surface area contributed by atoms with Gasteiger partial charge in [0.2, 0.25) is 11.9 Å². The van der Waals surface area contributed by atoms with E-state index < -0.39 is 30.7 Å². The number of fused-ring (bicyclic) bond motifs is 3. The number of thioether (sulfide) groups is 1. The number of nitrogens with zero attached hydrogens (tertiary/aromatic N) is 8. The van der Waals surface area contributed by atoms with Crippen molar-refractivity contribution in [2.75, 3.05) is 60.6 Å². The van der Waals surface area contributed by atoms with E-state index in [0.717, 1.165) is 35.6 Å². The number of alkyl halides is 3. The molecule has 7 rings (SSSR count). The fourth-order valence-corrected chi connectivity index (χ4v) is 10.1. The maximum absolute atomic E-state index is 14.5. The highest BCUT2D eigenvalue weighted by Crippen LogP contribution is 2.57. The topological polar surface area (TPSA) is 146 Å². The van der Waals surface area contributed by atoms with Gasteiger partial charge in [0.15, 0.2) is 0 Å². The summed E-state index contributed by atoms with van der Waals surface area (Å²) in [6, 6.07) is 5.04. The number of nitrogen functional groups attached to an aromatic ring is 2. The van der Waals surface area contributed by atoms with Gasteiger partial charge in [0.25, 0.3) is 6.43 Å². The predicted molar refractivity (Wildman–Crippen MR) is 167 cm³/mol. The number of hydrogen-bond acceptors (Lipinski definition) is 13. The summed E-state index contributed by atoms with van der Waals surface area (Å²) in [6.45, 7) is 3.43. The molecule has 4 aliphatic heterocycles. The molecule has 0 amide bonds. The van der Waals surface area contributed by atoms with Gasteiger partial charge in [-0.3, -0.25) is 4.90 Å². The average Bonchev–Trinajstić information content (AvgIpc) is 3.71. The molecule has 0 saturated carbocycles. The normalized spacial score (nSPS) is 24.0. The first kappa shape index (κ1) is 30.1. The Morgan fingerprint density at radius 3 is 2.84 bits per heavy atom. The first-order chi connectivity index (χ1) is 21.6. The minimum atomic E-state index is -2.70. The average molecular weight is 659 g/mol. The number of halogens is 3. The van der Waals surface area contributed by atoms with Gasteiger partial charge in [-0.2, -0.15) is 20.2 Å². The Morgan fingerprint density at radius 2 is 2.09 bits per heavy atom. The first-order valence-corrected chi connectivity index (χ1v) is 16.7. The second kappa shape index (κ2) is 11.4. The maximum atomic E-state index is 14.5. The molecule has 0 bridgehead atoms. The molecule has 3 saturated heterocycles. The van der Waals surface area contributed by atoms with Gasteiger partial charge in [0.1, 0.15) is 29.7 Å². The van der Waals surface area contributed by atoms with Gasteiger partial charge in [-0.05, 0) is 32.4 Å². The van der Waals surface area contributed by atoms with E-state index in [4.69, 9.17) is 16.2 Å². The maximum Gasteiger partial charge on any atom is 0.323 e. The van der Waals surface area contributed by atoms with Crippen molar-refractivity contribution in [3.8, 4) is 12.1 Å². The summed E-state index contributed by atoms with van der Waals surface area (Å²) in [4.78, 5) is 24.5. The van der Waals surface area contributed by atoms with Gasteiger partial charge >= 0.3 is 6.01 Å². The summed E-state index contributed by atoms with van der Waals surface area (Å²) in [5, 5.41) is 10.3. The highest BCUT2D eigenvalue weighted by molar-refractivity contribution is 8.00. The van der Waals surface area contributed by atoms with Crippen LogP contribution >= 0.6 is 23.1 Å². The second-order valence-electron chi connectivity index (χ2n) is 12.2. The van der Waals surface area contributed by atoms with E-state index in [1.807, 2.05) is 4.90 Å². The smallest absolute Gasteiger partial charge is 0.323 e. The number of nitriles is 1. The molecule has 3 aromatic rings. The SMILES string of the molecule is C[C@H](c1cccnc1N)N(CC(F)F)c1nc(OC[C@@]23CCCN2C[C@H](F)C3)nc(N2CC3(C2)SCc2sc(N)c(C#N)c23)n1. The third-order valence-electron chi connectivity index (χ3n) is 9.43. The molecule has 3 atom stereocenters. The van der Waals surface area contributed by atoms with Gasteiger partial charge in [0, 0.05) is 54.0 Å². The van der Waals surface area contributed by atoms with Crippen LogP contribution < -0.4 is 26.0 Å². The number of ether oxygens (including phenoxy) is 1. The van der Waals surface area contributed by atoms with Gasteiger partial charge in [-0.25, -0.2) is 18.2 Å². The van der Waals surface area contributed by atoms with Gasteiger partial charge in [0.05, 0.1) is 28.4 Å². The van der Waals surface area contributed by atoms with Crippen molar-refractivity contribution in [3.63, 3.8) is 0 Å². The quantitative estimate of drug-likeness (QED) is 0.341. The Balaban J connectivity index is 1.23. The number of anilines is 4. The van der Waals surface area contributed by atoms with Crippen LogP contribution in [-0.2, 0) is 10.5 Å². The molecule has 1 spiro atoms. The lowest BCUT2D eigenvalue weighted by Gasteiger charge is -2.47. The van der Waals surface area contributed by atoms with E-state index in [9.17, 15) is 18.4 Å². The van der Waals surface area contributed by atoms with Crippen LogP contribution in [0.3, 0.4) is 0 Å². The summed E-state index contributed by atoms with van der Waals surface area (Å²) in [5.41, 5.74) is 13.9. The Morgan fingerprint density at radius 1 is 1.27 bits per heavy atom. The number of thiophene rings is 1. The third kappa shape index (κ3) is 5.18. The lowest BCUT2D eigenvalue weighted by molar-refractivity contribution is 0.107. The van der Waals surface area contributed by atoms with E-state index in [1.165, 1.54) is 22.4 Å². The van der Waals surface area contributed by atoms with Crippen molar-refractivity contribution in [2.45, 2.75) is 60.9 Å². The molecule has 16 heteroatoms. The van der Waals surface area contributed by atoms with Crippen molar-refractivity contribution >= 4 is 45.8 Å². The Hall–Kier alpha value is -3.55. The molecule has 0 aromatic carbocycles. The summed E-state index contributed by atoms with van der Waals surface area (Å²) >= 11 is 3.21. The lowest BCUT2D eigenvalue weighted by Crippen LogP contribution is -2.57. The van der Waals surface area contributed by atoms with Crippen molar-refractivity contribution in [3.05, 3.63) is 39.9 Å². The predicted octanol–water partition coefficient (Wildman–Crippen LogP) is 4.11. The van der Waals surface area contributed by atoms with Crippen molar-refractivity contribution in [1.82, 2.24) is 24.8 Å². The van der Waals surface area contributed by atoms with E-state index in [0.29, 0.717) is 42.2 Å². The van der Waals surface area contributed by atoms with Crippen molar-refractivity contribution in [2.24, 2.45) is 0 Å². The second-order valence-corrected chi connectivity index (χ2v) is 14.7. The molecule has 45 heavy (non-hydrogen) atoms. The minimum absolute atomic E-state index is 0.0117. The summed E-state index contributed by atoms with van der Waals surface area (Å²) in [7, 11) is 0. The van der Waals surface area contributed by atoms with E-state index in [2.05, 4.69) is 30.9 Å². The lowest BCUT2D eigenvalue weighted by atomic mass is 9.88. The molecule has 0 aliphatic carbocycles. The molecule has 11 nitrogen and oxygen atoms in total. The number of nitrogens with two attached hydrogens (primary N) is 2. The summed E-state index contributed by atoms with van der Waals surface area (Å²) in [6.07, 6.45) is 0.0232. The Kier molecular flexibility index (Phi) is 7.60. The van der Waals surface area contributed by atoms with Crippen LogP contribution in [0.2, 0.25) is 0 Å². The van der Waals surface area contributed by atoms with Crippen LogP contribution in [0.4, 0.5) is 35.9 Å². The van der Waals surface area contributed by atoms with Crippen LogP contribution in [0.5, 0.6) is 6.01 Å². The van der Waals surface area contributed by atoms with Gasteiger partial charge in [-0.15, -0.1) is 23.1 Å². The third-order valence-corrected chi connectivity index (χ3v) is 12.1. The van der Waals surface area contributed by atoms with Crippen molar-refractivity contribution in [1.29, 1.82) is 5.26 Å². The van der Waals surface area contributed by atoms with Crippen LogP contribution in [0, 0.1) is 11.3 Å². The van der Waals surface area contributed by atoms with Crippen LogP contribution in [0.25, 0.3) is 0 Å².